The minimum atomic E-state index is 0.0559. The van der Waals surface area contributed by atoms with Crippen molar-refractivity contribution in [2.75, 3.05) is 13.1 Å². The summed E-state index contributed by atoms with van der Waals surface area (Å²) in [6.07, 6.45) is 3.13. The van der Waals surface area contributed by atoms with Crippen LogP contribution in [-0.4, -0.2) is 43.0 Å². The lowest BCUT2D eigenvalue weighted by Gasteiger charge is -2.32. The van der Waals surface area contributed by atoms with Crippen molar-refractivity contribution in [1.29, 1.82) is 0 Å². The molecule has 1 unspecified atom stereocenters. The first-order valence-electron chi connectivity index (χ1n) is 9.22. The second-order valence-electron chi connectivity index (χ2n) is 6.89. The normalized spacial score (nSPS) is 17.8. The van der Waals surface area contributed by atoms with E-state index in [4.69, 9.17) is 4.98 Å². The van der Waals surface area contributed by atoms with Crippen LogP contribution in [0.25, 0.3) is 11.0 Å². The van der Waals surface area contributed by atoms with Crippen LogP contribution >= 0.6 is 11.5 Å². The Labute approximate surface area is 157 Å². The molecule has 0 saturated carbocycles. The fraction of sp³-hybridized carbons (Fsp3) is 0.474. The van der Waals surface area contributed by atoms with Crippen molar-refractivity contribution in [2.24, 2.45) is 0 Å². The minimum absolute atomic E-state index is 0.0559. The van der Waals surface area contributed by atoms with Crippen LogP contribution in [0.1, 0.15) is 53.3 Å². The van der Waals surface area contributed by atoms with E-state index >= 15 is 0 Å². The highest BCUT2D eigenvalue weighted by Crippen LogP contribution is 2.30. The summed E-state index contributed by atoms with van der Waals surface area (Å²) in [5, 5.41) is 3.98. The van der Waals surface area contributed by atoms with Gasteiger partial charge in [0, 0.05) is 25.6 Å². The molecule has 1 aliphatic rings. The van der Waals surface area contributed by atoms with Gasteiger partial charge in [-0.05, 0) is 49.9 Å². The van der Waals surface area contributed by atoms with E-state index in [1.807, 2.05) is 17.9 Å². The summed E-state index contributed by atoms with van der Waals surface area (Å²) in [6, 6.07) is 8.31. The van der Waals surface area contributed by atoms with E-state index in [9.17, 15) is 4.79 Å². The number of aryl methyl sites for hydroxylation is 2. The third-order valence-electron chi connectivity index (χ3n) is 5.05. The van der Waals surface area contributed by atoms with Crippen molar-refractivity contribution in [1.82, 2.24) is 24.0 Å². The summed E-state index contributed by atoms with van der Waals surface area (Å²) >= 11 is 1.19. The number of carbonyl (C=O) groups excluding carboxylic acids is 1. The highest BCUT2D eigenvalue weighted by molar-refractivity contribution is 7.07. The Kier molecular flexibility index (Phi) is 4.72. The molecule has 3 aromatic rings. The Morgan fingerprint density at radius 1 is 1.35 bits per heavy atom. The van der Waals surface area contributed by atoms with Crippen LogP contribution in [0.15, 0.2) is 24.3 Å². The van der Waals surface area contributed by atoms with Gasteiger partial charge in [0.15, 0.2) is 0 Å². The van der Waals surface area contributed by atoms with E-state index in [-0.39, 0.29) is 11.8 Å². The van der Waals surface area contributed by atoms with Gasteiger partial charge in [0.2, 0.25) is 0 Å². The molecular formula is C19H23N5OS. The lowest BCUT2D eigenvalue weighted by atomic mass is 9.96. The number of piperidine rings is 1. The van der Waals surface area contributed by atoms with Crippen molar-refractivity contribution in [3.63, 3.8) is 0 Å². The minimum Gasteiger partial charge on any atom is -0.337 e. The predicted octanol–water partition coefficient (Wildman–Crippen LogP) is 3.63. The van der Waals surface area contributed by atoms with Crippen LogP contribution in [0.3, 0.4) is 0 Å². The monoisotopic (exact) mass is 369 g/mol. The van der Waals surface area contributed by atoms with Crippen LogP contribution in [0.5, 0.6) is 0 Å². The van der Waals surface area contributed by atoms with Crippen molar-refractivity contribution in [3.05, 3.63) is 40.7 Å². The molecule has 0 N–H and O–H groups in total. The number of nitrogens with zero attached hydrogens (tertiary/aromatic N) is 5. The van der Waals surface area contributed by atoms with Gasteiger partial charge in [-0.1, -0.05) is 23.5 Å². The number of hydrogen-bond acceptors (Lipinski definition) is 5. The average Bonchev–Trinajstić information content (AvgIpc) is 3.26. The number of likely N-dealkylation sites (tertiary alicyclic amines) is 1. The maximum atomic E-state index is 12.9. The molecule has 0 bridgehead atoms. The predicted molar refractivity (Wildman–Crippen MR) is 103 cm³/mol. The number of imidazole rings is 1. The molecule has 7 heteroatoms. The Bertz CT molecular complexity index is 931. The van der Waals surface area contributed by atoms with Gasteiger partial charge in [0.1, 0.15) is 10.7 Å². The largest absolute Gasteiger partial charge is 0.337 e. The second-order valence-corrected chi connectivity index (χ2v) is 7.64. The van der Waals surface area contributed by atoms with Crippen molar-refractivity contribution >= 4 is 28.5 Å². The number of rotatable bonds is 4. The molecule has 2 aromatic heterocycles. The molecule has 1 aliphatic heterocycles. The van der Waals surface area contributed by atoms with Gasteiger partial charge in [-0.15, -0.1) is 5.10 Å². The van der Waals surface area contributed by atoms with E-state index in [1.165, 1.54) is 17.0 Å². The Morgan fingerprint density at radius 2 is 2.19 bits per heavy atom. The molecular weight excluding hydrogens is 346 g/mol. The molecule has 1 fully saturated rings. The number of hydrogen-bond donors (Lipinski definition) is 0. The summed E-state index contributed by atoms with van der Waals surface area (Å²) in [4.78, 5) is 20.4. The first-order valence-corrected chi connectivity index (χ1v) is 9.99. The van der Waals surface area contributed by atoms with Crippen LogP contribution in [0, 0.1) is 6.92 Å². The molecule has 136 valence electrons. The van der Waals surface area contributed by atoms with E-state index in [2.05, 4.69) is 39.3 Å². The summed E-state index contributed by atoms with van der Waals surface area (Å²) in [5.74, 6) is 1.44. The quantitative estimate of drug-likeness (QED) is 0.704. The summed E-state index contributed by atoms with van der Waals surface area (Å²) < 4.78 is 6.25. The third kappa shape index (κ3) is 3.00. The second kappa shape index (κ2) is 7.15. The number of carbonyl (C=O) groups is 1. The molecule has 1 amide bonds. The molecule has 1 atom stereocenters. The number of aromatic nitrogens is 4. The lowest BCUT2D eigenvalue weighted by molar-refractivity contribution is 0.0707. The zero-order valence-electron chi connectivity index (χ0n) is 15.2. The van der Waals surface area contributed by atoms with Gasteiger partial charge in [-0.2, -0.15) is 0 Å². The Balaban J connectivity index is 1.64. The molecule has 4 rings (SSSR count). The SMILES string of the molecule is CCCn1c(C2CCCN(C(=O)c3snnc3C)C2)nc2ccccc21. The molecule has 1 saturated heterocycles. The standard InChI is InChI=1S/C19H23N5OS/c1-3-10-24-16-9-5-4-8-15(16)20-18(24)14-7-6-11-23(12-14)19(25)17-13(2)21-22-26-17/h4-5,8-9,14H,3,6-7,10-12H2,1-2H3. The molecule has 1 aromatic carbocycles. The van der Waals surface area contributed by atoms with Crippen molar-refractivity contribution < 1.29 is 4.79 Å². The third-order valence-corrected chi connectivity index (χ3v) is 5.87. The zero-order chi connectivity index (χ0) is 18.1. The van der Waals surface area contributed by atoms with Gasteiger partial charge >= 0.3 is 0 Å². The average molecular weight is 369 g/mol. The van der Waals surface area contributed by atoms with Crippen molar-refractivity contribution in [2.45, 2.75) is 45.6 Å². The maximum Gasteiger partial charge on any atom is 0.267 e. The maximum absolute atomic E-state index is 12.9. The Morgan fingerprint density at radius 3 is 2.96 bits per heavy atom. The van der Waals surface area contributed by atoms with Crippen LogP contribution in [0.2, 0.25) is 0 Å². The van der Waals surface area contributed by atoms with Gasteiger partial charge < -0.3 is 9.47 Å². The fourth-order valence-corrected chi connectivity index (χ4v) is 4.43. The molecule has 6 nitrogen and oxygen atoms in total. The summed E-state index contributed by atoms with van der Waals surface area (Å²) in [5.41, 5.74) is 2.96. The summed E-state index contributed by atoms with van der Waals surface area (Å²) in [6.45, 7) is 6.50. The van der Waals surface area contributed by atoms with Gasteiger partial charge in [0.05, 0.1) is 16.7 Å². The molecule has 0 aliphatic carbocycles. The van der Waals surface area contributed by atoms with E-state index < -0.39 is 0 Å². The number of amides is 1. The van der Waals surface area contributed by atoms with Gasteiger partial charge in [0.25, 0.3) is 5.91 Å². The topological polar surface area (TPSA) is 63.9 Å². The first-order chi connectivity index (χ1) is 12.7. The van der Waals surface area contributed by atoms with Crippen molar-refractivity contribution in [3.8, 4) is 0 Å². The zero-order valence-corrected chi connectivity index (χ0v) is 16.0. The van der Waals surface area contributed by atoms with Crippen LogP contribution < -0.4 is 0 Å². The smallest absolute Gasteiger partial charge is 0.267 e. The highest BCUT2D eigenvalue weighted by atomic mass is 32.1. The molecule has 26 heavy (non-hydrogen) atoms. The van der Waals surface area contributed by atoms with E-state index in [0.29, 0.717) is 11.4 Å². The number of benzene rings is 1. The van der Waals surface area contributed by atoms with Crippen LogP contribution in [0.4, 0.5) is 0 Å². The summed E-state index contributed by atoms with van der Waals surface area (Å²) in [7, 11) is 0. The number of fused-ring (bicyclic) bond motifs is 1. The van der Waals surface area contributed by atoms with Crippen LogP contribution in [-0.2, 0) is 6.54 Å². The van der Waals surface area contributed by atoms with Gasteiger partial charge in [-0.25, -0.2) is 4.98 Å². The molecule has 0 radical (unpaired) electrons. The Hall–Kier alpha value is -2.28. The fourth-order valence-electron chi connectivity index (χ4n) is 3.81. The van der Waals surface area contributed by atoms with E-state index in [0.717, 1.165) is 49.4 Å². The van der Waals surface area contributed by atoms with Gasteiger partial charge in [-0.3, -0.25) is 4.79 Å². The molecule has 3 heterocycles. The highest BCUT2D eigenvalue weighted by Gasteiger charge is 2.30. The lowest BCUT2D eigenvalue weighted by Crippen LogP contribution is -2.39. The van der Waals surface area contributed by atoms with E-state index in [1.54, 1.807) is 0 Å². The molecule has 0 spiro atoms. The number of para-hydroxylation sites is 2. The first kappa shape index (κ1) is 17.1.